The molecule has 0 aliphatic carbocycles. The maximum atomic E-state index is 12.6. The van der Waals surface area contributed by atoms with E-state index >= 15 is 0 Å². The summed E-state index contributed by atoms with van der Waals surface area (Å²) in [6, 6.07) is 5.61. The zero-order chi connectivity index (χ0) is 16.1. The molecule has 0 aromatic heterocycles. The fourth-order valence-corrected chi connectivity index (χ4v) is 2.49. The van der Waals surface area contributed by atoms with Crippen LogP contribution in [0.5, 0.6) is 11.5 Å². The maximum absolute atomic E-state index is 12.6. The number of nitrogens with one attached hydrogen (secondary N) is 1. The number of likely N-dealkylation sites (N-methyl/N-ethyl adjacent to an activating group) is 2. The molecule has 2 rings (SSSR count). The van der Waals surface area contributed by atoms with Crippen LogP contribution >= 0.6 is 0 Å². The predicted octanol–water partition coefficient (Wildman–Crippen LogP) is 0.841. The monoisotopic (exact) mass is 306 g/mol. The molecule has 0 fully saturated rings. The van der Waals surface area contributed by atoms with E-state index in [2.05, 4.69) is 5.32 Å². The molecule has 0 radical (unpaired) electrons. The molecule has 1 N–H and O–H groups in total. The minimum Gasteiger partial charge on any atom is -0.497 e. The van der Waals surface area contributed by atoms with Crippen LogP contribution < -0.4 is 14.8 Å². The molecule has 120 valence electrons. The van der Waals surface area contributed by atoms with Crippen LogP contribution in [0.1, 0.15) is 12.5 Å². The molecule has 1 atom stereocenters. The number of carbonyl (C=O) groups is 2. The van der Waals surface area contributed by atoms with E-state index in [1.54, 1.807) is 19.1 Å². The van der Waals surface area contributed by atoms with E-state index < -0.39 is 0 Å². The number of ether oxygens (including phenoxy) is 2. The highest BCUT2D eigenvalue weighted by molar-refractivity contribution is 5.86. The van der Waals surface area contributed by atoms with Gasteiger partial charge in [0.05, 0.1) is 19.6 Å². The number of hydrogen-bond acceptors (Lipinski definition) is 4. The van der Waals surface area contributed by atoms with Gasteiger partial charge in [0.25, 0.3) is 0 Å². The Morgan fingerprint density at radius 2 is 2.23 bits per heavy atom. The minimum atomic E-state index is -0.259. The molecule has 0 saturated carbocycles. The average Bonchev–Trinajstić information content (AvgIpc) is 2.57. The van der Waals surface area contributed by atoms with Crippen molar-refractivity contribution < 1.29 is 19.1 Å². The molecule has 0 bridgehead atoms. The third-order valence-corrected chi connectivity index (χ3v) is 3.84. The van der Waals surface area contributed by atoms with Gasteiger partial charge < -0.3 is 19.7 Å². The van der Waals surface area contributed by atoms with Crippen LogP contribution in [0.2, 0.25) is 0 Å². The summed E-state index contributed by atoms with van der Waals surface area (Å²) in [6.07, 6.45) is 0.613. The average molecular weight is 306 g/mol. The Morgan fingerprint density at radius 1 is 1.45 bits per heavy atom. The molecule has 1 aliphatic heterocycles. The first-order chi connectivity index (χ1) is 10.6. The fourth-order valence-electron chi connectivity index (χ4n) is 2.49. The summed E-state index contributed by atoms with van der Waals surface area (Å²) >= 11 is 0. The van der Waals surface area contributed by atoms with Crippen molar-refractivity contribution in [2.45, 2.75) is 13.3 Å². The summed E-state index contributed by atoms with van der Waals surface area (Å²) in [4.78, 5) is 25.6. The standard InChI is InChI=1S/C16H22N2O4/c1-4-18(9-15(19)17-2)16(20)12-7-11-5-6-13(21-3)8-14(11)22-10-12/h5-6,8,12H,4,7,9-10H2,1-3H3,(H,17,19)/t12-/m1/s1. The van der Waals surface area contributed by atoms with Gasteiger partial charge in [0.1, 0.15) is 18.1 Å². The lowest BCUT2D eigenvalue weighted by atomic mass is 9.95. The van der Waals surface area contributed by atoms with Crippen molar-refractivity contribution in [2.24, 2.45) is 5.92 Å². The molecule has 0 saturated heterocycles. The Kier molecular flexibility index (Phi) is 5.25. The number of rotatable bonds is 5. The zero-order valence-electron chi connectivity index (χ0n) is 13.2. The van der Waals surface area contributed by atoms with Crippen molar-refractivity contribution in [3.8, 4) is 11.5 Å². The lowest BCUT2D eigenvalue weighted by Crippen LogP contribution is -2.45. The summed E-state index contributed by atoms with van der Waals surface area (Å²) < 4.78 is 10.9. The van der Waals surface area contributed by atoms with Gasteiger partial charge in [-0.1, -0.05) is 6.07 Å². The van der Waals surface area contributed by atoms with Crippen LogP contribution in [-0.4, -0.2) is 50.6 Å². The summed E-state index contributed by atoms with van der Waals surface area (Å²) in [6.45, 7) is 2.77. The number of carbonyl (C=O) groups excluding carboxylic acids is 2. The van der Waals surface area contributed by atoms with E-state index in [-0.39, 0.29) is 24.3 Å². The van der Waals surface area contributed by atoms with Gasteiger partial charge in [-0.25, -0.2) is 0 Å². The van der Waals surface area contributed by atoms with Gasteiger partial charge in [0, 0.05) is 19.7 Å². The molecule has 1 aromatic rings. The predicted molar refractivity (Wildman–Crippen MR) is 82.0 cm³/mol. The van der Waals surface area contributed by atoms with Gasteiger partial charge in [-0.15, -0.1) is 0 Å². The van der Waals surface area contributed by atoms with Gasteiger partial charge in [-0.2, -0.15) is 0 Å². The third-order valence-electron chi connectivity index (χ3n) is 3.84. The molecule has 1 aromatic carbocycles. The molecule has 0 spiro atoms. The summed E-state index contributed by atoms with van der Waals surface area (Å²) in [7, 11) is 3.17. The van der Waals surface area contributed by atoms with Gasteiger partial charge in [-0.05, 0) is 25.0 Å². The summed E-state index contributed by atoms with van der Waals surface area (Å²) in [5.74, 6) is 1.02. The van der Waals surface area contributed by atoms with Crippen molar-refractivity contribution >= 4 is 11.8 Å². The molecule has 1 aliphatic rings. The van der Waals surface area contributed by atoms with Gasteiger partial charge in [0.2, 0.25) is 11.8 Å². The third kappa shape index (κ3) is 3.50. The van der Waals surface area contributed by atoms with Crippen molar-refractivity contribution in [2.75, 3.05) is 33.9 Å². The summed E-state index contributed by atoms with van der Waals surface area (Å²) in [5.41, 5.74) is 0.987. The van der Waals surface area contributed by atoms with Gasteiger partial charge >= 0.3 is 0 Å². The summed E-state index contributed by atoms with van der Waals surface area (Å²) in [5, 5.41) is 2.54. The van der Waals surface area contributed by atoms with Crippen molar-refractivity contribution in [1.82, 2.24) is 10.2 Å². The Bertz CT molecular complexity index is 559. The Balaban J connectivity index is 2.07. The first kappa shape index (κ1) is 16.1. The fraction of sp³-hybridized carbons (Fsp3) is 0.500. The molecule has 0 unspecified atom stereocenters. The maximum Gasteiger partial charge on any atom is 0.239 e. The van der Waals surface area contributed by atoms with Gasteiger partial charge in [-0.3, -0.25) is 9.59 Å². The molecule has 1 heterocycles. The van der Waals surface area contributed by atoms with E-state index in [4.69, 9.17) is 9.47 Å². The van der Waals surface area contributed by atoms with Crippen molar-refractivity contribution in [3.05, 3.63) is 23.8 Å². The first-order valence-electron chi connectivity index (χ1n) is 7.38. The van der Waals surface area contributed by atoms with Crippen LogP contribution in [0, 0.1) is 5.92 Å². The van der Waals surface area contributed by atoms with Crippen molar-refractivity contribution in [1.29, 1.82) is 0 Å². The van der Waals surface area contributed by atoms with Crippen LogP contribution in [0.4, 0.5) is 0 Å². The first-order valence-corrected chi connectivity index (χ1v) is 7.38. The highest BCUT2D eigenvalue weighted by Gasteiger charge is 2.30. The van der Waals surface area contributed by atoms with E-state index in [1.807, 2.05) is 25.1 Å². The smallest absolute Gasteiger partial charge is 0.239 e. The molecular formula is C16H22N2O4. The number of methoxy groups -OCH3 is 1. The zero-order valence-corrected chi connectivity index (χ0v) is 13.2. The number of nitrogens with zero attached hydrogens (tertiary/aromatic N) is 1. The SMILES string of the molecule is CCN(CC(=O)NC)C(=O)[C@H]1COc2cc(OC)ccc2C1. The quantitative estimate of drug-likeness (QED) is 0.875. The molecular weight excluding hydrogens is 284 g/mol. The van der Waals surface area contributed by atoms with Crippen LogP contribution in [-0.2, 0) is 16.0 Å². The molecule has 2 amide bonds. The lowest BCUT2D eigenvalue weighted by Gasteiger charge is -2.29. The largest absolute Gasteiger partial charge is 0.497 e. The Hall–Kier alpha value is -2.24. The van der Waals surface area contributed by atoms with Crippen LogP contribution in [0.15, 0.2) is 18.2 Å². The Labute approximate surface area is 130 Å². The van der Waals surface area contributed by atoms with Gasteiger partial charge in [0.15, 0.2) is 0 Å². The van der Waals surface area contributed by atoms with E-state index in [1.165, 1.54) is 0 Å². The van der Waals surface area contributed by atoms with E-state index in [0.717, 1.165) is 17.1 Å². The second-order valence-corrected chi connectivity index (χ2v) is 5.21. The number of benzene rings is 1. The highest BCUT2D eigenvalue weighted by Crippen LogP contribution is 2.31. The van der Waals surface area contributed by atoms with E-state index in [0.29, 0.717) is 19.6 Å². The second-order valence-electron chi connectivity index (χ2n) is 5.21. The molecule has 6 nitrogen and oxygen atoms in total. The second kappa shape index (κ2) is 7.15. The highest BCUT2D eigenvalue weighted by atomic mass is 16.5. The number of fused-ring (bicyclic) bond motifs is 1. The Morgan fingerprint density at radius 3 is 2.86 bits per heavy atom. The molecule has 22 heavy (non-hydrogen) atoms. The van der Waals surface area contributed by atoms with Crippen molar-refractivity contribution in [3.63, 3.8) is 0 Å². The number of amides is 2. The topological polar surface area (TPSA) is 67.9 Å². The lowest BCUT2D eigenvalue weighted by molar-refractivity contribution is -0.140. The normalized spacial score (nSPS) is 16.2. The minimum absolute atomic E-state index is 0.0485. The van der Waals surface area contributed by atoms with E-state index in [9.17, 15) is 9.59 Å². The van der Waals surface area contributed by atoms with Crippen LogP contribution in [0.25, 0.3) is 0 Å². The number of hydrogen-bond donors (Lipinski definition) is 1. The molecule has 6 heteroatoms. The van der Waals surface area contributed by atoms with Crippen LogP contribution in [0.3, 0.4) is 0 Å².